The van der Waals surface area contributed by atoms with Crippen LogP contribution in [0.3, 0.4) is 0 Å². The molecule has 90 valence electrons. The van der Waals surface area contributed by atoms with Gasteiger partial charge in [0.2, 0.25) is 5.24 Å². The minimum atomic E-state index is -3.42. The Labute approximate surface area is 95.8 Å². The van der Waals surface area contributed by atoms with E-state index in [4.69, 9.17) is 20.6 Å². The van der Waals surface area contributed by atoms with Crippen LogP contribution in [-0.2, 0) is 18.4 Å². The normalized spacial score (nSPS) is 14.3. The van der Waals surface area contributed by atoms with Gasteiger partial charge in [-0.2, -0.15) is 0 Å². The van der Waals surface area contributed by atoms with Crippen LogP contribution in [0.25, 0.3) is 0 Å². The summed E-state index contributed by atoms with van der Waals surface area (Å²) in [6, 6.07) is 0. The smallest absolute Gasteiger partial charge is 0.308 e. The Hall–Kier alpha value is 0.110. The van der Waals surface area contributed by atoms with E-state index in [9.17, 15) is 9.36 Å². The van der Waals surface area contributed by atoms with E-state index >= 15 is 0 Å². The van der Waals surface area contributed by atoms with Gasteiger partial charge in [-0.15, -0.1) is 0 Å². The monoisotopic (exact) mass is 256 g/mol. The van der Waals surface area contributed by atoms with Crippen molar-refractivity contribution >= 4 is 24.4 Å². The zero-order chi connectivity index (χ0) is 12.1. The van der Waals surface area contributed by atoms with Crippen molar-refractivity contribution in [3.05, 3.63) is 0 Å². The summed E-state index contributed by atoms with van der Waals surface area (Å²) in [6.45, 7) is 7.37. The summed E-state index contributed by atoms with van der Waals surface area (Å²) in [4.78, 5) is 11.2. The minimum Gasteiger partial charge on any atom is -0.308 e. The molecule has 0 saturated carbocycles. The van der Waals surface area contributed by atoms with Crippen molar-refractivity contribution in [1.82, 2.24) is 0 Å². The fourth-order valence-corrected chi connectivity index (χ4v) is 4.01. The maximum Gasteiger partial charge on any atom is 0.342 e. The van der Waals surface area contributed by atoms with E-state index in [1.165, 1.54) is 0 Å². The molecule has 6 heteroatoms. The molecule has 0 aromatic rings. The Kier molecular flexibility index (Phi) is 6.69. The molecule has 0 amide bonds. The van der Waals surface area contributed by atoms with E-state index in [-0.39, 0.29) is 19.1 Å². The third kappa shape index (κ3) is 4.23. The minimum absolute atomic E-state index is 0.182. The van der Waals surface area contributed by atoms with Gasteiger partial charge in [0.05, 0.1) is 13.2 Å². The molecule has 0 aliphatic rings. The van der Waals surface area contributed by atoms with Crippen LogP contribution in [0, 0.1) is 5.92 Å². The van der Waals surface area contributed by atoms with Crippen LogP contribution in [0.1, 0.15) is 27.7 Å². The van der Waals surface area contributed by atoms with Crippen molar-refractivity contribution in [1.29, 1.82) is 0 Å². The van der Waals surface area contributed by atoms with Gasteiger partial charge in [0.15, 0.2) is 0 Å². The molecule has 0 saturated heterocycles. The van der Waals surface area contributed by atoms with E-state index in [2.05, 4.69) is 0 Å². The topological polar surface area (TPSA) is 52.6 Å². The molecule has 0 spiro atoms. The van der Waals surface area contributed by atoms with E-state index in [1.807, 2.05) is 0 Å². The van der Waals surface area contributed by atoms with E-state index in [0.29, 0.717) is 0 Å². The number of halogens is 1. The lowest BCUT2D eigenvalue weighted by Crippen LogP contribution is -2.25. The molecule has 0 aliphatic heterocycles. The first-order chi connectivity index (χ1) is 6.89. The second kappa shape index (κ2) is 6.64. The highest BCUT2D eigenvalue weighted by molar-refractivity contribution is 7.56. The summed E-state index contributed by atoms with van der Waals surface area (Å²) in [7, 11) is -3.42. The van der Waals surface area contributed by atoms with Crippen LogP contribution in [-0.4, -0.2) is 24.1 Å². The number of carbonyl (C=O) groups is 1. The molecule has 0 aliphatic carbocycles. The van der Waals surface area contributed by atoms with E-state index in [0.717, 1.165) is 0 Å². The van der Waals surface area contributed by atoms with Gasteiger partial charge < -0.3 is 9.05 Å². The zero-order valence-corrected chi connectivity index (χ0v) is 11.2. The Morgan fingerprint density at radius 3 is 1.87 bits per heavy atom. The molecular weight excluding hydrogens is 239 g/mol. The molecule has 0 heterocycles. The Morgan fingerprint density at radius 1 is 1.27 bits per heavy atom. The predicted molar refractivity (Wildman–Crippen MR) is 60.3 cm³/mol. The molecule has 0 rings (SSSR count). The first-order valence-electron chi connectivity index (χ1n) is 4.97. The average Bonchev–Trinajstić information content (AvgIpc) is 2.02. The number of rotatable bonds is 7. The van der Waals surface area contributed by atoms with Crippen molar-refractivity contribution in [2.75, 3.05) is 13.2 Å². The quantitative estimate of drug-likeness (QED) is 0.519. The van der Waals surface area contributed by atoms with Crippen LogP contribution in [0.2, 0.25) is 0 Å². The molecule has 0 aromatic carbocycles. The molecule has 15 heavy (non-hydrogen) atoms. The Morgan fingerprint density at radius 2 is 1.67 bits per heavy atom. The summed E-state index contributed by atoms with van der Waals surface area (Å²) in [5.74, 6) is -0.182. The standard InChI is InChI=1S/C9H18ClO4P/c1-5-13-15(12,14-6-2)8(7(3)4)9(10)11/h7-8H,5-6H2,1-4H3. The average molecular weight is 257 g/mol. The van der Waals surface area contributed by atoms with Gasteiger partial charge in [0.1, 0.15) is 5.66 Å². The third-order valence-corrected chi connectivity index (χ3v) is 4.96. The molecule has 0 bridgehead atoms. The maximum absolute atomic E-state index is 12.2. The van der Waals surface area contributed by atoms with Crippen LogP contribution in [0.4, 0.5) is 0 Å². The molecule has 0 N–H and O–H groups in total. The van der Waals surface area contributed by atoms with Gasteiger partial charge in [0.25, 0.3) is 0 Å². The highest BCUT2D eigenvalue weighted by Crippen LogP contribution is 2.56. The fourth-order valence-electron chi connectivity index (χ4n) is 1.31. The summed E-state index contributed by atoms with van der Waals surface area (Å²) >= 11 is 5.42. The van der Waals surface area contributed by atoms with Crippen LogP contribution in [0.5, 0.6) is 0 Å². The van der Waals surface area contributed by atoms with Crippen molar-refractivity contribution in [2.45, 2.75) is 33.4 Å². The number of carbonyl (C=O) groups excluding carboxylic acids is 1. The number of hydrogen-bond donors (Lipinski definition) is 0. The first-order valence-corrected chi connectivity index (χ1v) is 6.96. The van der Waals surface area contributed by atoms with Crippen LogP contribution < -0.4 is 0 Å². The lowest BCUT2D eigenvalue weighted by molar-refractivity contribution is -0.112. The molecule has 0 fully saturated rings. The van der Waals surface area contributed by atoms with Crippen molar-refractivity contribution in [2.24, 2.45) is 5.92 Å². The van der Waals surface area contributed by atoms with Gasteiger partial charge in [-0.1, -0.05) is 13.8 Å². The lowest BCUT2D eigenvalue weighted by atomic mass is 10.1. The highest BCUT2D eigenvalue weighted by Gasteiger charge is 2.42. The van der Waals surface area contributed by atoms with Gasteiger partial charge >= 0.3 is 7.60 Å². The fraction of sp³-hybridized carbons (Fsp3) is 0.889. The second-order valence-electron chi connectivity index (χ2n) is 3.37. The van der Waals surface area contributed by atoms with Crippen molar-refractivity contribution in [3.63, 3.8) is 0 Å². The van der Waals surface area contributed by atoms with E-state index < -0.39 is 18.5 Å². The first kappa shape index (κ1) is 15.1. The van der Waals surface area contributed by atoms with Crippen molar-refractivity contribution in [3.8, 4) is 0 Å². The summed E-state index contributed by atoms with van der Waals surface area (Å²) in [5.41, 5.74) is -0.890. The van der Waals surface area contributed by atoms with Gasteiger partial charge in [0, 0.05) is 0 Å². The maximum atomic E-state index is 12.2. The summed E-state index contributed by atoms with van der Waals surface area (Å²) in [5, 5.41) is -0.671. The second-order valence-corrected chi connectivity index (χ2v) is 5.89. The molecule has 0 radical (unpaired) electrons. The summed E-state index contributed by atoms with van der Waals surface area (Å²) < 4.78 is 22.4. The van der Waals surface area contributed by atoms with Crippen LogP contribution in [0.15, 0.2) is 0 Å². The molecule has 1 atom stereocenters. The molecular formula is C9H18ClO4P. The molecule has 0 aromatic heterocycles. The SMILES string of the molecule is CCOP(=O)(OCC)C(C(=O)Cl)C(C)C. The number of hydrogen-bond acceptors (Lipinski definition) is 4. The highest BCUT2D eigenvalue weighted by atomic mass is 35.5. The predicted octanol–water partition coefficient (Wildman–Crippen LogP) is 3.04. The zero-order valence-electron chi connectivity index (χ0n) is 9.53. The Bertz CT molecular complexity index is 244. The van der Waals surface area contributed by atoms with Gasteiger partial charge in [-0.05, 0) is 31.4 Å². The summed E-state index contributed by atoms with van der Waals surface area (Å²) in [6.07, 6.45) is 0. The lowest BCUT2D eigenvalue weighted by Gasteiger charge is -2.25. The molecule has 1 unspecified atom stereocenters. The van der Waals surface area contributed by atoms with Crippen LogP contribution >= 0.6 is 19.2 Å². The van der Waals surface area contributed by atoms with Gasteiger partial charge in [-0.3, -0.25) is 9.36 Å². The largest absolute Gasteiger partial charge is 0.342 e. The van der Waals surface area contributed by atoms with Crippen molar-refractivity contribution < 1.29 is 18.4 Å². The third-order valence-electron chi connectivity index (χ3n) is 1.82. The molecule has 4 nitrogen and oxygen atoms in total. The Balaban J connectivity index is 4.99. The van der Waals surface area contributed by atoms with Gasteiger partial charge in [-0.25, -0.2) is 0 Å². The van der Waals surface area contributed by atoms with E-state index in [1.54, 1.807) is 27.7 Å².